The molecule has 0 saturated carbocycles. The molecule has 0 unspecified atom stereocenters. The summed E-state index contributed by atoms with van der Waals surface area (Å²) in [5.41, 5.74) is 3.13. The summed E-state index contributed by atoms with van der Waals surface area (Å²) in [7, 11) is 0. The SMILES string of the molecule is [2H]C([2H])(c1ccnc(-c2[c-]ccc3c2oc2ccccc23)c1)C(C)(C)C.[2H]c1c([2H])c([2H])c(-c2cc(-c3ccc(C([2H])([2H])[2H])cn3)[c-]cc2C([2H])([2H])[2H])c([2H])c1[2H].[Ir]. The molecule has 1 radical (unpaired) electrons. The van der Waals surface area contributed by atoms with Crippen molar-refractivity contribution in [3.63, 3.8) is 0 Å². The van der Waals surface area contributed by atoms with Crippen molar-refractivity contribution in [2.45, 2.75) is 40.8 Å². The van der Waals surface area contributed by atoms with E-state index in [1.54, 1.807) is 12.3 Å². The Balaban J connectivity index is 0.000000220. The maximum absolute atomic E-state index is 8.53. The Bertz CT molecular complexity index is 2600. The van der Waals surface area contributed by atoms with Gasteiger partial charge in [-0.2, -0.15) is 0 Å². The van der Waals surface area contributed by atoms with E-state index >= 15 is 0 Å². The van der Waals surface area contributed by atoms with E-state index in [0.29, 0.717) is 17.0 Å². The summed E-state index contributed by atoms with van der Waals surface area (Å²) in [6.45, 7) is 0.738. The minimum absolute atomic E-state index is 0. The first-order valence-corrected chi connectivity index (χ1v) is 13.9. The minimum Gasteiger partial charge on any atom is -0.501 e. The molecule has 3 aromatic heterocycles. The average Bonchev–Trinajstić information content (AvgIpc) is 3.54. The predicted octanol–water partition coefficient (Wildman–Crippen LogP) is 10.9. The number of nitrogens with zero attached hydrogens (tertiary/aromatic N) is 2. The molecule has 0 fully saturated rings. The number of hydrogen-bond acceptors (Lipinski definition) is 3. The van der Waals surface area contributed by atoms with Gasteiger partial charge in [0.05, 0.1) is 12.4 Å². The summed E-state index contributed by atoms with van der Waals surface area (Å²) in [4.78, 5) is 8.57. The first-order chi connectivity index (χ1) is 26.5. The van der Waals surface area contributed by atoms with Crippen molar-refractivity contribution in [2.24, 2.45) is 5.41 Å². The van der Waals surface area contributed by atoms with Crippen LogP contribution in [-0.4, -0.2) is 9.97 Å². The zero-order chi connectivity index (χ0) is 41.8. The summed E-state index contributed by atoms with van der Waals surface area (Å²) < 4.78 is 109. The molecule has 0 aliphatic carbocycles. The number of furan rings is 1. The van der Waals surface area contributed by atoms with E-state index in [1.165, 1.54) is 30.5 Å². The van der Waals surface area contributed by atoms with Crippen molar-refractivity contribution in [1.82, 2.24) is 9.97 Å². The first kappa shape index (κ1) is 19.2. The van der Waals surface area contributed by atoms with Gasteiger partial charge in [-0.15, -0.1) is 47.5 Å². The van der Waals surface area contributed by atoms with E-state index in [0.717, 1.165) is 27.5 Å². The Morgan fingerprint density at radius 2 is 1.73 bits per heavy atom. The van der Waals surface area contributed by atoms with Crippen LogP contribution >= 0.6 is 0 Å². The summed E-state index contributed by atoms with van der Waals surface area (Å²) in [5.74, 6) is 0. The fourth-order valence-corrected chi connectivity index (χ4v) is 4.74. The van der Waals surface area contributed by atoms with E-state index < -0.39 is 55.7 Å². The van der Waals surface area contributed by atoms with Crippen LogP contribution in [0.4, 0.5) is 0 Å². The maximum Gasteiger partial charge on any atom is 0.120 e. The summed E-state index contributed by atoms with van der Waals surface area (Å²) in [6, 6.07) is 23.9. The van der Waals surface area contributed by atoms with Gasteiger partial charge >= 0.3 is 0 Å². The number of fused-ring (bicyclic) bond motifs is 3. The Kier molecular flexibility index (Phi) is 5.86. The summed E-state index contributed by atoms with van der Waals surface area (Å²) in [6.07, 6.45) is 1.36. The molecule has 0 spiro atoms. The van der Waals surface area contributed by atoms with Gasteiger partial charge in [0.25, 0.3) is 0 Å². The molecular weight excluding hydrogens is 729 g/mol. The molecule has 4 aromatic carbocycles. The van der Waals surface area contributed by atoms with Crippen LogP contribution in [0, 0.1) is 31.3 Å². The molecular formula is C41H36IrN2O-2. The molecule has 227 valence electrons. The fourth-order valence-electron chi connectivity index (χ4n) is 4.74. The van der Waals surface area contributed by atoms with Gasteiger partial charge in [-0.3, -0.25) is 0 Å². The van der Waals surface area contributed by atoms with Crippen molar-refractivity contribution in [2.75, 3.05) is 0 Å². The third kappa shape index (κ3) is 7.48. The molecule has 0 bridgehead atoms. The Labute approximate surface area is 298 Å². The molecule has 0 atom stereocenters. The van der Waals surface area contributed by atoms with Crippen molar-refractivity contribution in [1.29, 1.82) is 0 Å². The van der Waals surface area contributed by atoms with E-state index in [-0.39, 0.29) is 47.9 Å². The largest absolute Gasteiger partial charge is 0.501 e. The molecule has 7 aromatic rings. The van der Waals surface area contributed by atoms with Crippen LogP contribution < -0.4 is 0 Å². The number of hydrogen-bond donors (Lipinski definition) is 0. The van der Waals surface area contributed by atoms with Gasteiger partial charge in [0.2, 0.25) is 0 Å². The van der Waals surface area contributed by atoms with Gasteiger partial charge in [-0.25, -0.2) is 0 Å². The Morgan fingerprint density at radius 3 is 2.49 bits per heavy atom. The van der Waals surface area contributed by atoms with Gasteiger partial charge in [-0.05, 0) is 53.3 Å². The topological polar surface area (TPSA) is 38.9 Å². The zero-order valence-electron chi connectivity index (χ0n) is 37.7. The van der Waals surface area contributed by atoms with E-state index in [2.05, 4.69) is 22.1 Å². The number of rotatable bonds is 4. The number of aromatic nitrogens is 2. The van der Waals surface area contributed by atoms with Crippen LogP contribution in [0.3, 0.4) is 0 Å². The van der Waals surface area contributed by atoms with Gasteiger partial charge in [0.1, 0.15) is 5.58 Å². The van der Waals surface area contributed by atoms with E-state index in [1.807, 2.05) is 63.2 Å². The zero-order valence-corrected chi connectivity index (χ0v) is 27.1. The van der Waals surface area contributed by atoms with Crippen LogP contribution in [-0.2, 0) is 26.5 Å². The van der Waals surface area contributed by atoms with Crippen LogP contribution in [0.1, 0.15) is 55.3 Å². The molecule has 0 N–H and O–H groups in total. The third-order valence-corrected chi connectivity index (χ3v) is 6.63. The smallest absolute Gasteiger partial charge is 0.120 e. The molecule has 3 heterocycles. The fraction of sp³-hybridized carbons (Fsp3) is 0.171. The molecule has 0 aliphatic heterocycles. The molecule has 0 aliphatic rings. The Morgan fingerprint density at radius 1 is 0.889 bits per heavy atom. The molecule has 4 heteroatoms. The molecule has 45 heavy (non-hydrogen) atoms. The first-order valence-electron chi connectivity index (χ1n) is 20.4. The second kappa shape index (κ2) is 13.7. The van der Waals surface area contributed by atoms with Crippen molar-refractivity contribution >= 4 is 21.9 Å². The number of para-hydroxylation sites is 1. The van der Waals surface area contributed by atoms with Crippen LogP contribution in [0.25, 0.3) is 55.6 Å². The van der Waals surface area contributed by atoms with Gasteiger partial charge < -0.3 is 14.4 Å². The number of pyridine rings is 2. The number of benzene rings is 4. The quantitative estimate of drug-likeness (QED) is 0.167. The van der Waals surface area contributed by atoms with Gasteiger partial charge in [0, 0.05) is 48.9 Å². The van der Waals surface area contributed by atoms with Gasteiger partial charge in [-0.1, -0.05) is 116 Å². The number of aryl methyl sites for hydroxylation is 2. The van der Waals surface area contributed by atoms with Crippen molar-refractivity contribution < 1.29 is 42.3 Å². The predicted molar refractivity (Wildman–Crippen MR) is 182 cm³/mol. The maximum atomic E-state index is 8.53. The second-order valence-corrected chi connectivity index (χ2v) is 11.1. The third-order valence-electron chi connectivity index (χ3n) is 6.63. The average molecular weight is 778 g/mol. The molecule has 0 amide bonds. The van der Waals surface area contributed by atoms with E-state index in [9.17, 15) is 0 Å². The second-order valence-electron chi connectivity index (χ2n) is 11.1. The van der Waals surface area contributed by atoms with Crippen LogP contribution in [0.2, 0.25) is 0 Å². The minimum atomic E-state index is -2.63. The van der Waals surface area contributed by atoms with Gasteiger partial charge in [0.15, 0.2) is 0 Å². The molecule has 3 nitrogen and oxygen atoms in total. The standard InChI is InChI=1S/C22H20NO.C19H16N.Ir/c1-22(2,3)14-15-11-12-23-19(13-15)18-9-6-8-17-16-7-4-5-10-20(16)24-21(17)18;1-14-8-11-19(20-13-14)17-10-9-15(2)18(12-17)16-6-4-3-5-7-16;/h4-8,10-13H,14H2,1-3H3;3-9,11-13H,1-2H3;/q2*-1;/i14D2;1D3,2D3,3D,4D,5D,6D,7D;. The van der Waals surface area contributed by atoms with Crippen LogP contribution in [0.5, 0.6) is 0 Å². The molecule has 0 saturated heterocycles. The Hall–Kier alpha value is -4.37. The van der Waals surface area contributed by atoms with Crippen molar-refractivity contribution in [3.05, 3.63) is 144 Å². The van der Waals surface area contributed by atoms with Crippen molar-refractivity contribution in [3.8, 4) is 33.6 Å². The normalized spacial score (nSPS) is 16.2. The summed E-state index contributed by atoms with van der Waals surface area (Å²) in [5, 5.41) is 2.07. The monoisotopic (exact) mass is 778 g/mol. The van der Waals surface area contributed by atoms with Crippen LogP contribution in [0.15, 0.2) is 120 Å². The summed E-state index contributed by atoms with van der Waals surface area (Å²) >= 11 is 0. The molecule has 7 rings (SSSR count). The van der Waals surface area contributed by atoms with E-state index in [4.69, 9.17) is 22.2 Å².